The van der Waals surface area contributed by atoms with Crippen LogP contribution < -0.4 is 9.64 Å². The summed E-state index contributed by atoms with van der Waals surface area (Å²) in [7, 11) is 1.69. The molecule has 6 heteroatoms. The zero-order chi connectivity index (χ0) is 24.4. The Morgan fingerprint density at radius 1 is 1.11 bits per heavy atom. The molecule has 0 unspecified atom stereocenters. The van der Waals surface area contributed by atoms with Crippen molar-refractivity contribution < 1.29 is 9.53 Å². The molecule has 1 amide bonds. The highest BCUT2D eigenvalue weighted by atomic mass is 35.5. The van der Waals surface area contributed by atoms with Crippen molar-refractivity contribution >= 4 is 29.3 Å². The van der Waals surface area contributed by atoms with Gasteiger partial charge in [-0.3, -0.25) is 9.69 Å². The normalized spacial score (nSPS) is 17.2. The summed E-state index contributed by atoms with van der Waals surface area (Å²) >= 11 is 6.07. The lowest BCUT2D eigenvalue weighted by Gasteiger charge is -2.39. The number of hydrogen-bond donors (Lipinski definition) is 0. The van der Waals surface area contributed by atoms with Gasteiger partial charge in [-0.25, -0.2) is 4.98 Å². The molecule has 2 aliphatic rings. The van der Waals surface area contributed by atoms with E-state index in [1.807, 2.05) is 17.0 Å². The fraction of sp³-hybridized carbons (Fsp3) is 0.310. The maximum Gasteiger partial charge on any atom is 0.258 e. The van der Waals surface area contributed by atoms with E-state index < -0.39 is 0 Å². The molecule has 2 aromatic carbocycles. The van der Waals surface area contributed by atoms with Crippen molar-refractivity contribution in [3.05, 3.63) is 94.3 Å². The van der Waals surface area contributed by atoms with Gasteiger partial charge in [-0.1, -0.05) is 53.6 Å². The lowest BCUT2D eigenvalue weighted by atomic mass is 9.74. The van der Waals surface area contributed by atoms with Gasteiger partial charge < -0.3 is 9.64 Å². The topological polar surface area (TPSA) is 45.7 Å². The number of fused-ring (bicyclic) bond motifs is 2. The SMILES string of the molecule is COc1ccc2c(c1)C1(CCN(C/C=C/c3ccc(C)cc3)CC1)CN2C(=O)c1ccnc(Cl)c1. The molecule has 5 rings (SSSR count). The lowest BCUT2D eigenvalue weighted by Crippen LogP contribution is -2.46. The van der Waals surface area contributed by atoms with Gasteiger partial charge in [0.1, 0.15) is 10.9 Å². The Labute approximate surface area is 212 Å². The van der Waals surface area contributed by atoms with E-state index in [0.29, 0.717) is 17.3 Å². The standard InChI is InChI=1S/C29H30ClN3O2/c1-21-5-7-22(8-6-21)4-3-15-32-16-12-29(13-17-32)20-33(26-10-9-24(35-2)19-25(26)29)28(34)23-11-14-31-27(30)18-23/h3-11,14,18-19H,12-13,15-17,20H2,1-2H3/b4-3+. The van der Waals surface area contributed by atoms with Gasteiger partial charge in [0.25, 0.3) is 5.91 Å². The molecule has 5 nitrogen and oxygen atoms in total. The molecule has 0 saturated carbocycles. The van der Waals surface area contributed by atoms with Crippen LogP contribution in [0.2, 0.25) is 5.15 Å². The number of hydrogen-bond acceptors (Lipinski definition) is 4. The summed E-state index contributed by atoms with van der Waals surface area (Å²) in [5.74, 6) is 0.786. The minimum atomic E-state index is -0.0759. The van der Waals surface area contributed by atoms with Gasteiger partial charge >= 0.3 is 0 Å². The summed E-state index contributed by atoms with van der Waals surface area (Å²) in [4.78, 5) is 21.9. The van der Waals surface area contributed by atoms with Crippen LogP contribution in [0.5, 0.6) is 5.75 Å². The van der Waals surface area contributed by atoms with E-state index in [0.717, 1.165) is 43.9 Å². The van der Waals surface area contributed by atoms with Crippen molar-refractivity contribution in [2.75, 3.05) is 38.2 Å². The number of rotatable bonds is 5. The molecule has 2 aliphatic heterocycles. The molecule has 0 N–H and O–H groups in total. The maximum absolute atomic E-state index is 13.5. The Balaban J connectivity index is 1.33. The highest BCUT2D eigenvalue weighted by molar-refractivity contribution is 6.29. The number of halogens is 1. The van der Waals surface area contributed by atoms with Crippen LogP contribution in [0.1, 0.15) is 39.9 Å². The third-order valence-corrected chi connectivity index (χ3v) is 7.52. The van der Waals surface area contributed by atoms with Crippen molar-refractivity contribution in [3.63, 3.8) is 0 Å². The fourth-order valence-electron chi connectivity index (χ4n) is 5.25. The number of amides is 1. The van der Waals surface area contributed by atoms with Crippen molar-refractivity contribution in [2.24, 2.45) is 0 Å². The van der Waals surface area contributed by atoms with Crippen LogP contribution >= 0.6 is 11.6 Å². The number of piperidine rings is 1. The summed E-state index contributed by atoms with van der Waals surface area (Å²) in [5, 5.41) is 0.326. The van der Waals surface area contributed by atoms with E-state index in [1.54, 1.807) is 25.4 Å². The van der Waals surface area contributed by atoms with Crippen LogP contribution in [0.4, 0.5) is 5.69 Å². The number of benzene rings is 2. The van der Waals surface area contributed by atoms with Crippen LogP contribution in [0, 0.1) is 6.92 Å². The Hall–Kier alpha value is -3.15. The molecule has 35 heavy (non-hydrogen) atoms. The molecular weight excluding hydrogens is 458 g/mol. The quantitative estimate of drug-likeness (QED) is 0.429. The second-order valence-electron chi connectivity index (χ2n) is 9.54. The monoisotopic (exact) mass is 487 g/mol. The van der Waals surface area contributed by atoms with E-state index in [1.165, 1.54) is 16.7 Å². The third kappa shape index (κ3) is 4.84. The zero-order valence-corrected chi connectivity index (χ0v) is 21.0. The van der Waals surface area contributed by atoms with E-state index in [9.17, 15) is 4.79 Å². The molecule has 0 radical (unpaired) electrons. The smallest absolute Gasteiger partial charge is 0.258 e. The number of carbonyl (C=O) groups is 1. The number of nitrogens with zero attached hydrogens (tertiary/aromatic N) is 3. The average molecular weight is 488 g/mol. The van der Waals surface area contributed by atoms with Crippen molar-refractivity contribution in [2.45, 2.75) is 25.2 Å². The molecule has 0 bridgehead atoms. The molecular formula is C29H30ClN3O2. The zero-order valence-electron chi connectivity index (χ0n) is 20.2. The second kappa shape index (κ2) is 9.84. The first kappa shape index (κ1) is 23.6. The molecule has 3 aromatic rings. The molecule has 3 heterocycles. The van der Waals surface area contributed by atoms with Gasteiger partial charge in [0, 0.05) is 36.0 Å². The van der Waals surface area contributed by atoms with Gasteiger partial charge in [0.2, 0.25) is 0 Å². The van der Waals surface area contributed by atoms with Gasteiger partial charge in [-0.05, 0) is 74.3 Å². The summed E-state index contributed by atoms with van der Waals surface area (Å²) in [6.07, 6.45) is 8.01. The molecule has 1 saturated heterocycles. The lowest BCUT2D eigenvalue weighted by molar-refractivity contribution is 0.0977. The van der Waals surface area contributed by atoms with Crippen molar-refractivity contribution in [1.29, 1.82) is 0 Å². The fourth-order valence-corrected chi connectivity index (χ4v) is 5.43. The number of ether oxygens (including phenoxy) is 1. The van der Waals surface area contributed by atoms with E-state index in [4.69, 9.17) is 16.3 Å². The Morgan fingerprint density at radius 3 is 2.60 bits per heavy atom. The molecule has 1 fully saturated rings. The number of aromatic nitrogens is 1. The molecule has 0 atom stereocenters. The molecule has 180 valence electrons. The number of methoxy groups -OCH3 is 1. The average Bonchev–Trinajstić information content (AvgIpc) is 3.19. The first-order valence-electron chi connectivity index (χ1n) is 12.0. The summed E-state index contributed by atoms with van der Waals surface area (Å²) in [6, 6.07) is 18.0. The summed E-state index contributed by atoms with van der Waals surface area (Å²) < 4.78 is 5.54. The molecule has 1 spiro atoms. The van der Waals surface area contributed by atoms with E-state index in [-0.39, 0.29) is 11.3 Å². The Bertz CT molecular complexity index is 1250. The molecule has 0 aliphatic carbocycles. The first-order chi connectivity index (χ1) is 17.0. The molecule has 1 aromatic heterocycles. The van der Waals surface area contributed by atoms with Crippen molar-refractivity contribution in [1.82, 2.24) is 9.88 Å². The number of anilines is 1. The third-order valence-electron chi connectivity index (χ3n) is 7.31. The van der Waals surface area contributed by atoms with Crippen LogP contribution in [0.25, 0.3) is 6.08 Å². The van der Waals surface area contributed by atoms with Gasteiger partial charge in [-0.2, -0.15) is 0 Å². The minimum Gasteiger partial charge on any atom is -0.497 e. The predicted molar refractivity (Wildman–Crippen MR) is 141 cm³/mol. The van der Waals surface area contributed by atoms with Crippen molar-refractivity contribution in [3.8, 4) is 5.75 Å². The number of pyridine rings is 1. The van der Waals surface area contributed by atoms with Crippen LogP contribution in [-0.2, 0) is 5.41 Å². The van der Waals surface area contributed by atoms with Gasteiger partial charge in [0.05, 0.1) is 7.11 Å². The highest BCUT2D eigenvalue weighted by Crippen LogP contribution is 2.48. The second-order valence-corrected chi connectivity index (χ2v) is 9.92. The first-order valence-corrected chi connectivity index (χ1v) is 12.4. The summed E-state index contributed by atoms with van der Waals surface area (Å²) in [5.41, 5.74) is 5.16. The predicted octanol–water partition coefficient (Wildman–Crippen LogP) is 5.76. The number of aryl methyl sites for hydroxylation is 1. The number of likely N-dealkylation sites (tertiary alicyclic amines) is 1. The largest absolute Gasteiger partial charge is 0.497 e. The number of carbonyl (C=O) groups excluding carboxylic acids is 1. The highest BCUT2D eigenvalue weighted by Gasteiger charge is 2.46. The van der Waals surface area contributed by atoms with Crippen LogP contribution in [-0.4, -0.2) is 49.1 Å². The maximum atomic E-state index is 13.5. The van der Waals surface area contributed by atoms with Crippen LogP contribution in [0.15, 0.2) is 66.9 Å². The summed E-state index contributed by atoms with van der Waals surface area (Å²) in [6.45, 7) is 5.67. The van der Waals surface area contributed by atoms with Gasteiger partial charge in [0.15, 0.2) is 0 Å². The Kier molecular flexibility index (Phi) is 6.63. The Morgan fingerprint density at radius 2 is 1.89 bits per heavy atom. The van der Waals surface area contributed by atoms with E-state index >= 15 is 0 Å². The van der Waals surface area contributed by atoms with Crippen LogP contribution in [0.3, 0.4) is 0 Å². The van der Waals surface area contributed by atoms with E-state index in [2.05, 4.69) is 59.3 Å². The minimum absolute atomic E-state index is 0.0407. The van der Waals surface area contributed by atoms with Gasteiger partial charge in [-0.15, -0.1) is 0 Å².